The first kappa shape index (κ1) is 11.9. The van der Waals surface area contributed by atoms with Crippen LogP contribution in [0.5, 0.6) is 0 Å². The molecule has 1 aromatic heterocycles. The summed E-state index contributed by atoms with van der Waals surface area (Å²) in [4.78, 5) is 8.93. The van der Waals surface area contributed by atoms with Crippen LogP contribution in [-0.2, 0) is 6.42 Å². The monoisotopic (exact) mass is 247 g/mol. The highest BCUT2D eigenvalue weighted by Crippen LogP contribution is 2.21. The zero-order valence-electron chi connectivity index (χ0n) is 9.87. The lowest BCUT2D eigenvalue weighted by atomic mass is 10.2. The second-order valence-electron chi connectivity index (χ2n) is 3.68. The lowest BCUT2D eigenvalue weighted by molar-refractivity contribution is 1.01. The first-order valence-corrected chi connectivity index (χ1v) is 5.92. The van der Waals surface area contributed by atoms with Gasteiger partial charge in [0.05, 0.1) is 0 Å². The number of aryl methyl sites for hydroxylation is 1. The Hall–Kier alpha value is -1.61. The molecule has 2 aromatic rings. The van der Waals surface area contributed by atoms with E-state index in [0.717, 1.165) is 23.5 Å². The van der Waals surface area contributed by atoms with Gasteiger partial charge in [-0.15, -0.1) is 0 Å². The van der Waals surface area contributed by atoms with Crippen LogP contribution in [0.15, 0.2) is 30.3 Å². The van der Waals surface area contributed by atoms with Gasteiger partial charge in [-0.1, -0.05) is 30.7 Å². The van der Waals surface area contributed by atoms with Crippen molar-refractivity contribution in [1.82, 2.24) is 9.97 Å². The Morgan fingerprint density at radius 2 is 2.06 bits per heavy atom. The molecular weight excluding hydrogens is 234 g/mol. The summed E-state index contributed by atoms with van der Waals surface area (Å²) in [5.41, 5.74) is 1.95. The highest BCUT2D eigenvalue weighted by atomic mass is 35.5. The van der Waals surface area contributed by atoms with E-state index in [0.29, 0.717) is 10.8 Å². The van der Waals surface area contributed by atoms with Crippen molar-refractivity contribution in [3.63, 3.8) is 0 Å². The van der Waals surface area contributed by atoms with Gasteiger partial charge >= 0.3 is 0 Å². The van der Waals surface area contributed by atoms with Crippen LogP contribution in [0.3, 0.4) is 0 Å². The normalized spacial score (nSPS) is 10.3. The summed E-state index contributed by atoms with van der Waals surface area (Å²) in [6.45, 7) is 2.07. The standard InChI is InChI=1S/C13H14ClN3/c1-3-11-8-12(15-2)17-13(16-11)9-5-4-6-10(14)7-9/h4-8H,3H2,1-2H3,(H,15,16,17). The first-order valence-electron chi connectivity index (χ1n) is 5.54. The summed E-state index contributed by atoms with van der Waals surface area (Å²) in [6, 6.07) is 9.52. The third-order valence-electron chi connectivity index (χ3n) is 2.48. The predicted molar refractivity (Wildman–Crippen MR) is 71.4 cm³/mol. The van der Waals surface area contributed by atoms with Gasteiger partial charge in [-0.2, -0.15) is 0 Å². The van der Waals surface area contributed by atoms with Gasteiger partial charge in [0, 0.05) is 29.4 Å². The highest BCUT2D eigenvalue weighted by molar-refractivity contribution is 6.30. The van der Waals surface area contributed by atoms with E-state index < -0.39 is 0 Å². The van der Waals surface area contributed by atoms with Crippen LogP contribution in [0.25, 0.3) is 11.4 Å². The molecule has 0 saturated heterocycles. The molecule has 0 atom stereocenters. The largest absolute Gasteiger partial charge is 0.373 e. The molecule has 0 unspecified atom stereocenters. The van der Waals surface area contributed by atoms with E-state index in [2.05, 4.69) is 22.2 Å². The second kappa shape index (κ2) is 5.15. The zero-order valence-corrected chi connectivity index (χ0v) is 10.6. The fraction of sp³-hybridized carbons (Fsp3) is 0.231. The van der Waals surface area contributed by atoms with E-state index in [4.69, 9.17) is 11.6 Å². The average Bonchev–Trinajstić information content (AvgIpc) is 2.38. The SMILES string of the molecule is CCc1cc(NC)nc(-c2cccc(Cl)c2)n1. The molecule has 0 spiro atoms. The number of nitrogens with zero attached hydrogens (tertiary/aromatic N) is 2. The van der Waals surface area contributed by atoms with Crippen molar-refractivity contribution in [2.45, 2.75) is 13.3 Å². The summed E-state index contributed by atoms with van der Waals surface area (Å²) in [5, 5.41) is 3.74. The molecule has 2 rings (SSSR count). The smallest absolute Gasteiger partial charge is 0.161 e. The zero-order chi connectivity index (χ0) is 12.3. The first-order chi connectivity index (χ1) is 8.22. The maximum absolute atomic E-state index is 5.97. The molecule has 4 heteroatoms. The maximum Gasteiger partial charge on any atom is 0.161 e. The molecule has 0 fully saturated rings. The summed E-state index contributed by atoms with van der Waals surface area (Å²) < 4.78 is 0. The second-order valence-corrected chi connectivity index (χ2v) is 4.12. The topological polar surface area (TPSA) is 37.8 Å². The van der Waals surface area contributed by atoms with Gasteiger partial charge in [-0.3, -0.25) is 0 Å². The van der Waals surface area contributed by atoms with E-state index in [1.54, 1.807) is 0 Å². The van der Waals surface area contributed by atoms with Crippen molar-refractivity contribution < 1.29 is 0 Å². The molecule has 1 N–H and O–H groups in total. The van der Waals surface area contributed by atoms with Gasteiger partial charge in [-0.05, 0) is 18.6 Å². The molecule has 17 heavy (non-hydrogen) atoms. The molecule has 88 valence electrons. The van der Waals surface area contributed by atoms with Crippen molar-refractivity contribution in [2.24, 2.45) is 0 Å². The number of rotatable bonds is 3. The Balaban J connectivity index is 2.50. The van der Waals surface area contributed by atoms with Crippen LogP contribution in [0.2, 0.25) is 5.02 Å². The van der Waals surface area contributed by atoms with Crippen LogP contribution < -0.4 is 5.32 Å². The van der Waals surface area contributed by atoms with E-state index in [9.17, 15) is 0 Å². The van der Waals surface area contributed by atoms with E-state index in [1.165, 1.54) is 0 Å². The minimum absolute atomic E-state index is 0.694. The summed E-state index contributed by atoms with van der Waals surface area (Å²) in [5.74, 6) is 1.53. The van der Waals surface area contributed by atoms with Crippen molar-refractivity contribution in [1.29, 1.82) is 0 Å². The van der Waals surface area contributed by atoms with Crippen molar-refractivity contribution in [3.05, 3.63) is 41.0 Å². The Bertz CT molecular complexity index is 504. The molecule has 0 radical (unpaired) electrons. The average molecular weight is 248 g/mol. The lowest BCUT2D eigenvalue weighted by Crippen LogP contribution is -2.00. The van der Waals surface area contributed by atoms with Gasteiger partial charge in [0.15, 0.2) is 5.82 Å². The van der Waals surface area contributed by atoms with Crippen LogP contribution in [0.1, 0.15) is 12.6 Å². The third-order valence-corrected chi connectivity index (χ3v) is 2.72. The van der Waals surface area contributed by atoms with Gasteiger partial charge < -0.3 is 5.32 Å². The Labute approximate surface area is 106 Å². The van der Waals surface area contributed by atoms with Gasteiger partial charge in [0.2, 0.25) is 0 Å². The summed E-state index contributed by atoms with van der Waals surface area (Å²) >= 11 is 5.97. The molecule has 1 heterocycles. The number of hydrogen-bond donors (Lipinski definition) is 1. The van der Waals surface area contributed by atoms with E-state index >= 15 is 0 Å². The number of aromatic nitrogens is 2. The number of hydrogen-bond acceptors (Lipinski definition) is 3. The van der Waals surface area contributed by atoms with Gasteiger partial charge in [-0.25, -0.2) is 9.97 Å². The van der Waals surface area contributed by atoms with Crippen LogP contribution >= 0.6 is 11.6 Å². The Morgan fingerprint density at radius 1 is 1.24 bits per heavy atom. The fourth-order valence-electron chi connectivity index (χ4n) is 1.56. The molecule has 0 aliphatic carbocycles. The molecule has 0 amide bonds. The third kappa shape index (κ3) is 2.74. The number of nitrogens with one attached hydrogen (secondary N) is 1. The van der Waals surface area contributed by atoms with Crippen LogP contribution in [-0.4, -0.2) is 17.0 Å². The summed E-state index contributed by atoms with van der Waals surface area (Å²) in [6.07, 6.45) is 0.880. The lowest BCUT2D eigenvalue weighted by Gasteiger charge is -2.06. The van der Waals surface area contributed by atoms with Crippen molar-refractivity contribution in [3.8, 4) is 11.4 Å². The van der Waals surface area contributed by atoms with E-state index in [-0.39, 0.29) is 0 Å². The molecular formula is C13H14ClN3. The molecule has 0 aliphatic rings. The predicted octanol–water partition coefficient (Wildman–Crippen LogP) is 3.40. The maximum atomic E-state index is 5.97. The minimum Gasteiger partial charge on any atom is -0.373 e. The Kier molecular flexibility index (Phi) is 3.59. The molecule has 1 aromatic carbocycles. The molecule has 0 aliphatic heterocycles. The Morgan fingerprint density at radius 3 is 2.71 bits per heavy atom. The molecule has 0 saturated carbocycles. The van der Waals surface area contributed by atoms with Crippen molar-refractivity contribution in [2.75, 3.05) is 12.4 Å². The van der Waals surface area contributed by atoms with Crippen molar-refractivity contribution >= 4 is 17.4 Å². The molecule has 3 nitrogen and oxygen atoms in total. The number of halogens is 1. The molecule has 0 bridgehead atoms. The summed E-state index contributed by atoms with van der Waals surface area (Å²) in [7, 11) is 1.85. The van der Waals surface area contributed by atoms with E-state index in [1.807, 2.05) is 37.4 Å². The fourth-order valence-corrected chi connectivity index (χ4v) is 1.75. The number of benzene rings is 1. The highest BCUT2D eigenvalue weighted by Gasteiger charge is 2.05. The van der Waals surface area contributed by atoms with Crippen LogP contribution in [0, 0.1) is 0 Å². The van der Waals surface area contributed by atoms with Crippen LogP contribution in [0.4, 0.5) is 5.82 Å². The number of anilines is 1. The quantitative estimate of drug-likeness (QED) is 0.903. The minimum atomic E-state index is 0.694. The van der Waals surface area contributed by atoms with Gasteiger partial charge in [0.1, 0.15) is 5.82 Å². The van der Waals surface area contributed by atoms with Gasteiger partial charge in [0.25, 0.3) is 0 Å².